The largest absolute Gasteiger partial charge is 0.351 e. The van der Waals surface area contributed by atoms with Crippen LogP contribution in [-0.4, -0.2) is 49.1 Å². The third kappa shape index (κ3) is 4.03. The Bertz CT molecular complexity index is 305. The molecule has 8 heteroatoms. The van der Waals surface area contributed by atoms with E-state index in [4.69, 9.17) is 4.84 Å². The molecule has 17 heavy (non-hydrogen) atoms. The van der Waals surface area contributed by atoms with Crippen molar-refractivity contribution < 1.29 is 29.0 Å². The molecular formula is C9H14NO6P. The number of carbonyl (C=O) groups is 3. The summed E-state index contributed by atoms with van der Waals surface area (Å²) in [6.07, 6.45) is 0.638. The van der Waals surface area contributed by atoms with Gasteiger partial charge in [-0.15, -0.1) is 5.06 Å². The van der Waals surface area contributed by atoms with Crippen molar-refractivity contribution in [3.63, 3.8) is 0 Å². The molecule has 0 spiro atoms. The Morgan fingerprint density at radius 1 is 1.35 bits per heavy atom. The number of hydrogen-bond acceptors (Lipinski definition) is 6. The Kier molecular flexibility index (Phi) is 5.47. The summed E-state index contributed by atoms with van der Waals surface area (Å²) in [6.45, 7) is 1.94. The van der Waals surface area contributed by atoms with Gasteiger partial charge in [0.1, 0.15) is 0 Å². The van der Waals surface area contributed by atoms with E-state index in [1.807, 2.05) is 0 Å². The van der Waals surface area contributed by atoms with Gasteiger partial charge in [-0.1, -0.05) is 0 Å². The van der Waals surface area contributed by atoms with Crippen LogP contribution in [0, 0.1) is 0 Å². The molecule has 1 rings (SSSR count). The second-order valence-corrected chi connectivity index (χ2v) is 5.56. The number of hydroxylamine groups is 2. The highest BCUT2D eigenvalue weighted by molar-refractivity contribution is 7.73. The first kappa shape index (κ1) is 14.0. The molecule has 1 aliphatic heterocycles. The summed E-state index contributed by atoms with van der Waals surface area (Å²) in [5.41, 5.74) is -0.566. The smallest absolute Gasteiger partial charge is 0.326 e. The van der Waals surface area contributed by atoms with Crippen LogP contribution in [0.15, 0.2) is 0 Å². The summed E-state index contributed by atoms with van der Waals surface area (Å²) in [5, 5.41) is 0.554. The van der Waals surface area contributed by atoms with Crippen LogP contribution >= 0.6 is 7.92 Å². The molecule has 1 atom stereocenters. The van der Waals surface area contributed by atoms with E-state index in [1.54, 1.807) is 6.66 Å². The van der Waals surface area contributed by atoms with Crippen molar-refractivity contribution >= 4 is 25.4 Å². The van der Waals surface area contributed by atoms with Crippen LogP contribution in [0.2, 0.25) is 0 Å². The number of hydrogen-bond donors (Lipinski definition) is 0. The molecule has 96 valence electrons. The SMILES string of the molecule is COOCCP(C)C(=O)ON1C(=O)CCC1=O. The highest BCUT2D eigenvalue weighted by atomic mass is 31.1. The van der Waals surface area contributed by atoms with Crippen molar-refractivity contribution in [3.8, 4) is 0 Å². The van der Waals surface area contributed by atoms with Gasteiger partial charge in [0, 0.05) is 26.9 Å². The van der Waals surface area contributed by atoms with Crippen LogP contribution in [-0.2, 0) is 24.2 Å². The van der Waals surface area contributed by atoms with E-state index in [-0.39, 0.29) is 19.4 Å². The van der Waals surface area contributed by atoms with Gasteiger partial charge in [-0.05, 0) is 6.66 Å². The fourth-order valence-corrected chi connectivity index (χ4v) is 1.91. The Labute approximate surface area is 99.6 Å². The summed E-state index contributed by atoms with van der Waals surface area (Å²) in [4.78, 5) is 47.7. The van der Waals surface area contributed by atoms with Crippen LogP contribution in [0.1, 0.15) is 12.8 Å². The molecule has 0 bridgehead atoms. The van der Waals surface area contributed by atoms with Gasteiger partial charge in [-0.3, -0.25) is 9.59 Å². The van der Waals surface area contributed by atoms with Crippen LogP contribution in [0.5, 0.6) is 0 Å². The first-order valence-electron chi connectivity index (χ1n) is 5.00. The number of imide groups is 1. The van der Waals surface area contributed by atoms with E-state index >= 15 is 0 Å². The quantitative estimate of drug-likeness (QED) is 0.232. The highest BCUT2D eigenvalue weighted by Gasteiger charge is 2.33. The minimum Gasteiger partial charge on any atom is -0.326 e. The molecule has 0 radical (unpaired) electrons. The monoisotopic (exact) mass is 263 g/mol. The van der Waals surface area contributed by atoms with Gasteiger partial charge in [0.05, 0.1) is 13.7 Å². The van der Waals surface area contributed by atoms with Crippen molar-refractivity contribution in [1.29, 1.82) is 0 Å². The lowest BCUT2D eigenvalue weighted by molar-refractivity contribution is -0.267. The molecule has 0 saturated carbocycles. The molecular weight excluding hydrogens is 249 g/mol. The van der Waals surface area contributed by atoms with Gasteiger partial charge in [0.2, 0.25) is 0 Å². The molecule has 1 aliphatic rings. The first-order chi connectivity index (χ1) is 8.06. The third-order valence-electron chi connectivity index (χ3n) is 2.11. The average molecular weight is 263 g/mol. The maximum absolute atomic E-state index is 11.5. The fraction of sp³-hybridized carbons (Fsp3) is 0.667. The Hall–Kier alpha value is -1.04. The van der Waals surface area contributed by atoms with Gasteiger partial charge in [-0.2, -0.15) is 0 Å². The molecule has 1 fully saturated rings. The molecule has 0 aromatic heterocycles. The molecule has 0 N–H and O–H groups in total. The summed E-state index contributed by atoms with van der Waals surface area (Å²) in [5.74, 6) is -0.945. The highest BCUT2D eigenvalue weighted by Crippen LogP contribution is 2.33. The van der Waals surface area contributed by atoms with Crippen molar-refractivity contribution in [3.05, 3.63) is 0 Å². The first-order valence-corrected chi connectivity index (χ1v) is 6.98. The van der Waals surface area contributed by atoms with E-state index < -0.39 is 25.4 Å². The zero-order valence-electron chi connectivity index (χ0n) is 9.67. The molecule has 1 saturated heterocycles. The van der Waals surface area contributed by atoms with E-state index in [1.165, 1.54) is 7.11 Å². The van der Waals surface area contributed by atoms with Crippen LogP contribution in [0.4, 0.5) is 4.79 Å². The van der Waals surface area contributed by atoms with Gasteiger partial charge in [-0.25, -0.2) is 14.6 Å². The second kappa shape index (κ2) is 6.64. The van der Waals surface area contributed by atoms with Gasteiger partial charge in [0.25, 0.3) is 11.8 Å². The summed E-state index contributed by atoms with van der Waals surface area (Å²) < 4.78 is 0. The Balaban J connectivity index is 2.37. The van der Waals surface area contributed by atoms with E-state index in [9.17, 15) is 14.4 Å². The topological polar surface area (TPSA) is 82.1 Å². The number of rotatable bonds is 6. The number of carbonyl (C=O) groups excluding carboxylic acids is 3. The van der Waals surface area contributed by atoms with Crippen molar-refractivity contribution in [1.82, 2.24) is 5.06 Å². The lowest BCUT2D eigenvalue weighted by Gasteiger charge is -2.15. The van der Waals surface area contributed by atoms with Crippen molar-refractivity contribution in [2.45, 2.75) is 12.8 Å². The summed E-state index contributed by atoms with van der Waals surface area (Å²) in [7, 11) is 0.253. The molecule has 2 amide bonds. The predicted octanol–water partition coefficient (Wildman–Crippen LogP) is 0.877. The Morgan fingerprint density at radius 2 is 1.94 bits per heavy atom. The molecule has 7 nitrogen and oxygen atoms in total. The summed E-state index contributed by atoms with van der Waals surface area (Å²) in [6, 6.07) is 0. The second-order valence-electron chi connectivity index (χ2n) is 3.35. The average Bonchev–Trinajstić information content (AvgIpc) is 2.61. The summed E-state index contributed by atoms with van der Waals surface area (Å²) >= 11 is 0. The Morgan fingerprint density at radius 3 is 2.47 bits per heavy atom. The fourth-order valence-electron chi connectivity index (χ4n) is 1.15. The molecule has 0 aromatic rings. The van der Waals surface area contributed by atoms with Crippen LogP contribution in [0.3, 0.4) is 0 Å². The van der Waals surface area contributed by atoms with Crippen LogP contribution in [0.25, 0.3) is 0 Å². The van der Waals surface area contributed by atoms with Gasteiger partial charge in [0.15, 0.2) is 0 Å². The molecule has 1 heterocycles. The zero-order valence-corrected chi connectivity index (χ0v) is 10.6. The predicted molar refractivity (Wildman–Crippen MR) is 58.2 cm³/mol. The lowest BCUT2D eigenvalue weighted by Crippen LogP contribution is -2.31. The number of amides is 2. The van der Waals surface area contributed by atoms with E-state index in [0.29, 0.717) is 11.2 Å². The minimum atomic E-state index is -1.12. The van der Waals surface area contributed by atoms with Crippen molar-refractivity contribution in [2.24, 2.45) is 0 Å². The van der Waals surface area contributed by atoms with E-state index in [0.717, 1.165) is 0 Å². The molecule has 0 aliphatic carbocycles. The molecule has 0 aromatic carbocycles. The van der Waals surface area contributed by atoms with Gasteiger partial charge < -0.3 is 4.84 Å². The zero-order chi connectivity index (χ0) is 12.8. The third-order valence-corrected chi connectivity index (χ3v) is 3.67. The minimum absolute atomic E-state index is 0.0978. The lowest BCUT2D eigenvalue weighted by atomic mass is 10.4. The standard InChI is InChI=1S/C9H14NO6P/c1-14-15-5-6-17(2)9(13)16-10-7(11)3-4-8(10)12/h3-6H2,1-2H3. The maximum atomic E-state index is 11.5. The molecule has 1 unspecified atom stereocenters. The number of nitrogens with zero attached hydrogens (tertiary/aromatic N) is 1. The van der Waals surface area contributed by atoms with Crippen LogP contribution < -0.4 is 0 Å². The van der Waals surface area contributed by atoms with Gasteiger partial charge >= 0.3 is 5.71 Å². The van der Waals surface area contributed by atoms with E-state index in [2.05, 4.69) is 9.78 Å². The van der Waals surface area contributed by atoms with Crippen molar-refractivity contribution in [2.75, 3.05) is 26.5 Å². The normalized spacial score (nSPS) is 17.4. The maximum Gasteiger partial charge on any atom is 0.351 e.